The van der Waals surface area contributed by atoms with E-state index < -0.39 is 0 Å². The Morgan fingerprint density at radius 1 is 1.25 bits per heavy atom. The zero-order chi connectivity index (χ0) is 8.81. The number of rotatable bonds is 6. The van der Waals surface area contributed by atoms with Gasteiger partial charge in [0.15, 0.2) is 0 Å². The van der Waals surface area contributed by atoms with Crippen LogP contribution in [0.2, 0.25) is 0 Å². The second kappa shape index (κ2) is 5.12. The number of nitrogens with zero attached hydrogens (tertiary/aromatic N) is 1. The maximum Gasteiger partial charge on any atom is 0.0164 e. The van der Waals surface area contributed by atoms with Gasteiger partial charge in [-0.2, -0.15) is 0 Å². The summed E-state index contributed by atoms with van der Waals surface area (Å²) in [5.41, 5.74) is 0. The predicted molar refractivity (Wildman–Crippen MR) is 53.2 cm³/mol. The molecule has 68 valence electrons. The molecule has 1 fully saturated rings. The molecule has 0 radical (unpaired) electrons. The third-order valence-electron chi connectivity index (χ3n) is 2.16. The molecule has 1 aliphatic heterocycles. The van der Waals surface area contributed by atoms with Crippen LogP contribution >= 0.6 is 0 Å². The van der Waals surface area contributed by atoms with Gasteiger partial charge in [-0.3, -0.25) is 4.90 Å². The summed E-state index contributed by atoms with van der Waals surface area (Å²) in [6.45, 7) is 12.9. The molecule has 0 aromatic rings. The Bertz CT molecular complexity index is 140. The Labute approximate surface area is 74.9 Å². The lowest BCUT2D eigenvalue weighted by atomic mass is 10.0. The molecule has 0 aromatic heterocycles. The molecule has 2 heteroatoms. The minimum Gasteiger partial charge on any atom is -0.316 e. The largest absolute Gasteiger partial charge is 0.316 e. The fraction of sp³-hybridized carbons (Fsp3) is 0.600. The summed E-state index contributed by atoms with van der Waals surface area (Å²) in [5.74, 6) is 0.838. The van der Waals surface area contributed by atoms with Crippen LogP contribution in [0.5, 0.6) is 0 Å². The first kappa shape index (κ1) is 9.49. The molecule has 0 amide bonds. The van der Waals surface area contributed by atoms with Gasteiger partial charge in [0.25, 0.3) is 0 Å². The van der Waals surface area contributed by atoms with E-state index in [4.69, 9.17) is 0 Å². The quantitative estimate of drug-likeness (QED) is 0.589. The van der Waals surface area contributed by atoms with Crippen LogP contribution in [0.25, 0.3) is 0 Å². The number of hydrogen-bond acceptors (Lipinski definition) is 2. The zero-order valence-corrected chi connectivity index (χ0v) is 7.63. The van der Waals surface area contributed by atoms with Crippen molar-refractivity contribution in [2.24, 2.45) is 5.92 Å². The molecule has 1 heterocycles. The monoisotopic (exact) mass is 166 g/mol. The molecule has 2 nitrogen and oxygen atoms in total. The second-order valence-corrected chi connectivity index (χ2v) is 3.32. The van der Waals surface area contributed by atoms with Gasteiger partial charge >= 0.3 is 0 Å². The van der Waals surface area contributed by atoms with Crippen molar-refractivity contribution in [2.75, 3.05) is 32.7 Å². The summed E-state index contributed by atoms with van der Waals surface area (Å²) in [6, 6.07) is 0. The summed E-state index contributed by atoms with van der Waals surface area (Å²) in [5, 5.41) is 3.27. The van der Waals surface area contributed by atoms with Crippen LogP contribution < -0.4 is 5.32 Å². The van der Waals surface area contributed by atoms with Crippen LogP contribution in [0.15, 0.2) is 25.3 Å². The molecule has 0 atom stereocenters. The average molecular weight is 166 g/mol. The maximum absolute atomic E-state index is 3.74. The van der Waals surface area contributed by atoms with Gasteiger partial charge in [0.2, 0.25) is 0 Å². The second-order valence-electron chi connectivity index (χ2n) is 3.32. The van der Waals surface area contributed by atoms with E-state index in [1.165, 1.54) is 19.6 Å². The van der Waals surface area contributed by atoms with Crippen LogP contribution in [0, 0.1) is 5.92 Å². The Morgan fingerprint density at radius 3 is 2.17 bits per heavy atom. The first-order chi connectivity index (χ1) is 5.86. The molecule has 0 aliphatic carbocycles. The van der Waals surface area contributed by atoms with E-state index >= 15 is 0 Å². The summed E-state index contributed by atoms with van der Waals surface area (Å²) in [6.07, 6.45) is 3.91. The number of nitrogens with one attached hydrogen (secondary N) is 1. The first-order valence-electron chi connectivity index (χ1n) is 4.51. The van der Waals surface area contributed by atoms with Crippen molar-refractivity contribution < 1.29 is 0 Å². The smallest absolute Gasteiger partial charge is 0.0164 e. The van der Waals surface area contributed by atoms with Crippen molar-refractivity contribution >= 4 is 0 Å². The molecule has 1 aliphatic rings. The van der Waals surface area contributed by atoms with Crippen molar-refractivity contribution in [3.8, 4) is 0 Å². The van der Waals surface area contributed by atoms with Gasteiger partial charge in [-0.1, -0.05) is 12.2 Å². The summed E-state index contributed by atoms with van der Waals surface area (Å²) < 4.78 is 0. The minimum atomic E-state index is 0.838. The van der Waals surface area contributed by atoms with Crippen molar-refractivity contribution in [3.63, 3.8) is 0 Å². The first-order valence-corrected chi connectivity index (χ1v) is 4.51. The van der Waals surface area contributed by atoms with Crippen molar-refractivity contribution in [3.05, 3.63) is 25.3 Å². The lowest BCUT2D eigenvalue weighted by Crippen LogP contribution is -2.48. The Balaban J connectivity index is 2.20. The van der Waals surface area contributed by atoms with Gasteiger partial charge in [0.05, 0.1) is 0 Å². The Morgan fingerprint density at radius 2 is 1.83 bits per heavy atom. The predicted octanol–water partition coefficient (Wildman–Crippen LogP) is 0.880. The fourth-order valence-corrected chi connectivity index (χ4v) is 1.43. The molecule has 0 unspecified atom stereocenters. The van der Waals surface area contributed by atoms with Crippen LogP contribution in [0.1, 0.15) is 0 Å². The van der Waals surface area contributed by atoms with Gasteiger partial charge in [0, 0.05) is 32.7 Å². The average Bonchev–Trinajstić information content (AvgIpc) is 1.97. The van der Waals surface area contributed by atoms with E-state index in [-0.39, 0.29) is 0 Å². The van der Waals surface area contributed by atoms with Gasteiger partial charge in [-0.05, 0) is 5.92 Å². The molecule has 0 saturated carbocycles. The van der Waals surface area contributed by atoms with E-state index in [1.807, 2.05) is 12.2 Å². The van der Waals surface area contributed by atoms with Crippen molar-refractivity contribution in [1.29, 1.82) is 0 Å². The fourth-order valence-electron chi connectivity index (χ4n) is 1.43. The Hall–Kier alpha value is -0.600. The summed E-state index contributed by atoms with van der Waals surface area (Å²) in [4.78, 5) is 2.37. The molecular weight excluding hydrogens is 148 g/mol. The minimum absolute atomic E-state index is 0.838. The van der Waals surface area contributed by atoms with Gasteiger partial charge in [-0.25, -0.2) is 0 Å². The lowest BCUT2D eigenvalue weighted by molar-refractivity contribution is 0.223. The molecule has 0 aromatic carbocycles. The third-order valence-corrected chi connectivity index (χ3v) is 2.16. The topological polar surface area (TPSA) is 15.3 Å². The summed E-state index contributed by atoms with van der Waals surface area (Å²) in [7, 11) is 0. The van der Waals surface area contributed by atoms with Gasteiger partial charge in [-0.15, -0.1) is 13.2 Å². The molecule has 1 N–H and O–H groups in total. The maximum atomic E-state index is 3.74. The highest BCUT2D eigenvalue weighted by Gasteiger charge is 2.18. The van der Waals surface area contributed by atoms with Crippen LogP contribution in [-0.2, 0) is 0 Å². The molecule has 0 spiro atoms. The normalized spacial score (nSPS) is 17.4. The molecule has 0 bridgehead atoms. The van der Waals surface area contributed by atoms with Crippen molar-refractivity contribution in [1.82, 2.24) is 10.2 Å². The van der Waals surface area contributed by atoms with Crippen molar-refractivity contribution in [2.45, 2.75) is 0 Å². The van der Waals surface area contributed by atoms with Crippen LogP contribution in [-0.4, -0.2) is 37.6 Å². The SMILES string of the molecule is C=CCN(CC=C)CC1CNC1. The highest BCUT2D eigenvalue weighted by Crippen LogP contribution is 2.05. The number of hydrogen-bond donors (Lipinski definition) is 1. The lowest BCUT2D eigenvalue weighted by Gasteiger charge is -2.32. The Kier molecular flexibility index (Phi) is 4.05. The molecular formula is C10H18N2. The van der Waals surface area contributed by atoms with Crippen LogP contribution in [0.4, 0.5) is 0 Å². The molecule has 1 rings (SSSR count). The van der Waals surface area contributed by atoms with Crippen LogP contribution in [0.3, 0.4) is 0 Å². The van der Waals surface area contributed by atoms with E-state index in [0.29, 0.717) is 0 Å². The van der Waals surface area contributed by atoms with E-state index in [0.717, 1.165) is 19.0 Å². The van der Waals surface area contributed by atoms with E-state index in [1.54, 1.807) is 0 Å². The molecule has 1 saturated heterocycles. The highest BCUT2D eigenvalue weighted by atomic mass is 15.1. The summed E-state index contributed by atoms with van der Waals surface area (Å²) >= 11 is 0. The molecule has 12 heavy (non-hydrogen) atoms. The van der Waals surface area contributed by atoms with Gasteiger partial charge < -0.3 is 5.32 Å². The van der Waals surface area contributed by atoms with E-state index in [2.05, 4.69) is 23.4 Å². The van der Waals surface area contributed by atoms with E-state index in [9.17, 15) is 0 Å². The highest BCUT2D eigenvalue weighted by molar-refractivity contribution is 4.84. The third kappa shape index (κ3) is 2.80. The zero-order valence-electron chi connectivity index (χ0n) is 7.63. The van der Waals surface area contributed by atoms with Gasteiger partial charge in [0.1, 0.15) is 0 Å². The standard InChI is InChI=1S/C10H18N2/c1-3-5-12(6-4-2)9-10-7-11-8-10/h3-4,10-11H,1-2,5-9H2.